The first-order valence-electron chi connectivity index (χ1n) is 11.1. The number of likely N-dealkylation sites (tertiary alicyclic amines) is 1. The molecule has 1 aliphatic heterocycles. The summed E-state index contributed by atoms with van der Waals surface area (Å²) in [5, 5.41) is 11.1. The van der Waals surface area contributed by atoms with Gasteiger partial charge in [-0.15, -0.1) is 0 Å². The van der Waals surface area contributed by atoms with Crippen LogP contribution in [-0.2, 0) is 16.0 Å². The van der Waals surface area contributed by atoms with Crippen molar-refractivity contribution in [3.8, 4) is 0 Å². The Hall–Kier alpha value is -2.65. The third kappa shape index (κ3) is 4.99. The second-order valence-electron chi connectivity index (χ2n) is 8.66. The van der Waals surface area contributed by atoms with Crippen LogP contribution in [-0.4, -0.2) is 50.9 Å². The molecule has 4 N–H and O–H groups in total. The van der Waals surface area contributed by atoms with Gasteiger partial charge in [0.25, 0.3) is 0 Å². The highest BCUT2D eigenvalue weighted by atomic mass is 35.5. The van der Waals surface area contributed by atoms with E-state index in [-0.39, 0.29) is 23.9 Å². The Kier molecular flexibility index (Phi) is 6.90. The van der Waals surface area contributed by atoms with Gasteiger partial charge in [0.05, 0.1) is 21.7 Å². The van der Waals surface area contributed by atoms with Crippen molar-refractivity contribution in [3.63, 3.8) is 0 Å². The van der Waals surface area contributed by atoms with E-state index in [2.05, 4.69) is 4.98 Å². The molecular weight excluding hydrogens is 444 g/mol. The van der Waals surface area contributed by atoms with Crippen molar-refractivity contribution in [2.24, 2.45) is 0 Å². The fourth-order valence-electron chi connectivity index (χ4n) is 4.48. The van der Waals surface area contributed by atoms with Crippen LogP contribution in [0.4, 0.5) is 5.69 Å². The highest BCUT2D eigenvalue weighted by molar-refractivity contribution is 6.33. The molecular formula is C24H29ClN4O4. The molecule has 2 atom stereocenters. The standard InChI is InChI=1S/C24H29ClN4O4/c1-14-11-16(12-18(25)22(14)26)13-21(15(2)30)33-24(32)28-9-7-17(8-10-28)29-20-6-4-3-5-19(20)27-23(29)31/h3-6,11-12,17,21,24,32H,7-10,13,26H2,1-2H3,(H,27,31)/t21-,24?/m1/s1. The summed E-state index contributed by atoms with van der Waals surface area (Å²) < 4.78 is 7.57. The molecule has 0 bridgehead atoms. The monoisotopic (exact) mass is 472 g/mol. The van der Waals surface area contributed by atoms with Crippen LogP contribution in [0.5, 0.6) is 0 Å². The Morgan fingerprint density at radius 2 is 2.00 bits per heavy atom. The van der Waals surface area contributed by atoms with Gasteiger partial charge < -0.3 is 20.6 Å². The molecule has 8 nitrogen and oxygen atoms in total. The van der Waals surface area contributed by atoms with Crippen LogP contribution in [0.1, 0.15) is 36.9 Å². The Bertz CT molecular complexity index is 1190. The van der Waals surface area contributed by atoms with Crippen molar-refractivity contribution in [2.45, 2.75) is 51.7 Å². The molecule has 3 aromatic rings. The summed E-state index contributed by atoms with van der Waals surface area (Å²) in [6.45, 7) is 4.37. The minimum absolute atomic E-state index is 0.0283. The lowest BCUT2D eigenvalue weighted by molar-refractivity contribution is -0.220. The van der Waals surface area contributed by atoms with E-state index in [0.717, 1.165) is 22.2 Å². The number of Topliss-reactive ketones (excluding diaryl/α,β-unsaturated/α-hetero) is 1. The number of nitrogen functional groups attached to an aromatic ring is 1. The number of H-pyrrole nitrogens is 1. The Labute approximate surface area is 196 Å². The number of nitrogens with zero attached hydrogens (tertiary/aromatic N) is 2. The maximum Gasteiger partial charge on any atom is 0.326 e. The number of ketones is 1. The number of imidazole rings is 1. The number of anilines is 1. The first-order chi connectivity index (χ1) is 15.7. The van der Waals surface area contributed by atoms with Gasteiger partial charge in [-0.25, -0.2) is 4.79 Å². The van der Waals surface area contributed by atoms with E-state index in [1.165, 1.54) is 6.92 Å². The maximum atomic E-state index is 12.5. The van der Waals surface area contributed by atoms with Gasteiger partial charge in [-0.2, -0.15) is 0 Å². The number of carbonyl (C=O) groups is 1. The highest BCUT2D eigenvalue weighted by Gasteiger charge is 2.29. The van der Waals surface area contributed by atoms with Crippen LogP contribution in [0.25, 0.3) is 11.0 Å². The number of aryl methyl sites for hydroxylation is 1. The van der Waals surface area contributed by atoms with Gasteiger partial charge in [0.2, 0.25) is 6.41 Å². The molecule has 9 heteroatoms. The lowest BCUT2D eigenvalue weighted by atomic mass is 10.0. The molecule has 2 aromatic carbocycles. The molecule has 1 fully saturated rings. The van der Waals surface area contributed by atoms with E-state index in [1.54, 1.807) is 15.5 Å². The number of carbonyl (C=O) groups excluding carboxylic acids is 1. The minimum Gasteiger partial charge on any atom is -0.397 e. The second kappa shape index (κ2) is 9.69. The molecule has 0 saturated carbocycles. The van der Waals surface area contributed by atoms with E-state index in [1.807, 2.05) is 37.3 Å². The molecule has 1 aromatic heterocycles. The molecule has 0 spiro atoms. The molecule has 176 valence electrons. The number of nitrogens with one attached hydrogen (secondary N) is 1. The number of fused-ring (bicyclic) bond motifs is 1. The fourth-order valence-corrected chi connectivity index (χ4v) is 4.77. The van der Waals surface area contributed by atoms with E-state index in [4.69, 9.17) is 22.1 Å². The van der Waals surface area contributed by atoms with Crippen LogP contribution in [0.2, 0.25) is 5.02 Å². The SMILES string of the molecule is CC(=O)[C@@H](Cc1cc(C)c(N)c(Cl)c1)OC(O)N1CCC(n2c(=O)[nH]c3ccccc32)CC1. The number of nitrogens with two attached hydrogens (primary N) is 1. The number of para-hydroxylation sites is 2. The maximum absolute atomic E-state index is 12.5. The van der Waals surface area contributed by atoms with Gasteiger partial charge >= 0.3 is 5.69 Å². The van der Waals surface area contributed by atoms with Gasteiger partial charge in [-0.05, 0) is 56.0 Å². The molecule has 33 heavy (non-hydrogen) atoms. The van der Waals surface area contributed by atoms with Gasteiger partial charge in [-0.3, -0.25) is 14.3 Å². The van der Waals surface area contributed by atoms with Crippen LogP contribution in [0.15, 0.2) is 41.2 Å². The number of aliphatic hydroxyl groups excluding tert-OH is 1. The number of benzene rings is 2. The largest absolute Gasteiger partial charge is 0.397 e. The molecule has 2 heterocycles. The van der Waals surface area contributed by atoms with Crippen LogP contribution < -0.4 is 11.4 Å². The zero-order chi connectivity index (χ0) is 23.7. The third-order valence-electron chi connectivity index (χ3n) is 6.36. The number of rotatable bonds is 7. The normalized spacial score (nSPS) is 17.3. The van der Waals surface area contributed by atoms with E-state index < -0.39 is 12.5 Å². The first-order valence-corrected chi connectivity index (χ1v) is 11.4. The van der Waals surface area contributed by atoms with Gasteiger partial charge in [-0.1, -0.05) is 29.8 Å². The van der Waals surface area contributed by atoms with Gasteiger partial charge in [0.15, 0.2) is 5.78 Å². The molecule has 0 aliphatic carbocycles. The summed E-state index contributed by atoms with van der Waals surface area (Å²) in [7, 11) is 0. The van der Waals surface area contributed by atoms with Crippen molar-refractivity contribution >= 4 is 34.1 Å². The van der Waals surface area contributed by atoms with Crippen molar-refractivity contribution in [1.29, 1.82) is 0 Å². The van der Waals surface area contributed by atoms with Gasteiger partial charge in [0, 0.05) is 25.6 Å². The van der Waals surface area contributed by atoms with Crippen molar-refractivity contribution in [1.82, 2.24) is 14.5 Å². The van der Waals surface area contributed by atoms with Crippen molar-refractivity contribution in [2.75, 3.05) is 18.8 Å². The van der Waals surface area contributed by atoms with Crippen LogP contribution in [0.3, 0.4) is 0 Å². The molecule has 4 rings (SSSR count). The van der Waals surface area contributed by atoms with E-state index in [0.29, 0.717) is 36.6 Å². The minimum atomic E-state index is -1.22. The number of halogens is 1. The van der Waals surface area contributed by atoms with E-state index >= 15 is 0 Å². The highest BCUT2D eigenvalue weighted by Crippen LogP contribution is 2.27. The lowest BCUT2D eigenvalue weighted by Gasteiger charge is -2.36. The Morgan fingerprint density at radius 3 is 2.67 bits per heavy atom. The van der Waals surface area contributed by atoms with E-state index in [9.17, 15) is 14.7 Å². The molecule has 1 aliphatic rings. The topological polar surface area (TPSA) is 114 Å². The molecule has 1 unspecified atom stereocenters. The lowest BCUT2D eigenvalue weighted by Crippen LogP contribution is -2.46. The number of aromatic amines is 1. The summed E-state index contributed by atoms with van der Waals surface area (Å²) >= 11 is 6.18. The zero-order valence-electron chi connectivity index (χ0n) is 18.8. The summed E-state index contributed by atoms with van der Waals surface area (Å²) in [6, 6.07) is 11.2. The number of hydrogen-bond donors (Lipinski definition) is 3. The number of ether oxygens (including phenoxy) is 1. The summed E-state index contributed by atoms with van der Waals surface area (Å²) in [4.78, 5) is 29.4. The Balaban J connectivity index is 1.40. The summed E-state index contributed by atoms with van der Waals surface area (Å²) in [5.74, 6) is -0.181. The molecule has 1 saturated heterocycles. The van der Waals surface area contributed by atoms with Crippen LogP contribution in [0, 0.1) is 6.92 Å². The first kappa shape index (κ1) is 23.5. The number of piperidine rings is 1. The van der Waals surface area contributed by atoms with Crippen molar-refractivity contribution < 1.29 is 14.6 Å². The average molecular weight is 473 g/mol. The predicted octanol–water partition coefficient (Wildman–Crippen LogP) is 3.00. The zero-order valence-corrected chi connectivity index (χ0v) is 19.5. The third-order valence-corrected chi connectivity index (χ3v) is 6.67. The average Bonchev–Trinajstić information content (AvgIpc) is 3.12. The Morgan fingerprint density at radius 1 is 1.30 bits per heavy atom. The number of aliphatic hydroxyl groups is 1. The predicted molar refractivity (Wildman–Crippen MR) is 128 cm³/mol. The van der Waals surface area contributed by atoms with Crippen molar-refractivity contribution in [3.05, 3.63) is 63.0 Å². The smallest absolute Gasteiger partial charge is 0.326 e. The number of aromatic nitrogens is 2. The van der Waals surface area contributed by atoms with Gasteiger partial charge in [0.1, 0.15) is 6.10 Å². The quantitative estimate of drug-likeness (QED) is 0.360. The number of hydrogen-bond acceptors (Lipinski definition) is 6. The fraction of sp³-hybridized carbons (Fsp3) is 0.417. The summed E-state index contributed by atoms with van der Waals surface area (Å²) in [6.07, 6.45) is -0.383. The summed E-state index contributed by atoms with van der Waals surface area (Å²) in [5.41, 5.74) is 9.63. The molecule has 0 amide bonds. The van der Waals surface area contributed by atoms with Crippen LogP contribution >= 0.6 is 11.6 Å². The second-order valence-corrected chi connectivity index (χ2v) is 9.07. The molecule has 0 radical (unpaired) electrons.